The number of nitrogens with one attached hydrogen (secondary N) is 2. The minimum Gasteiger partial charge on any atom is -0.494 e. The molecule has 0 atom stereocenters. The van der Waals surface area contributed by atoms with Crippen LogP contribution in [0.2, 0.25) is 5.02 Å². The van der Waals surface area contributed by atoms with Crippen LogP contribution in [-0.2, 0) is 0 Å². The van der Waals surface area contributed by atoms with E-state index in [-0.39, 0.29) is 22.0 Å². The summed E-state index contributed by atoms with van der Waals surface area (Å²) in [4.78, 5) is 26.1. The van der Waals surface area contributed by atoms with Gasteiger partial charge in [-0.05, 0) is 55.0 Å². The number of hydrogen-bond acceptors (Lipinski definition) is 5. The summed E-state index contributed by atoms with van der Waals surface area (Å²) in [5, 5.41) is 11.9. The molecule has 2 N–H and O–H groups in total. The molecular formula is C27H25ClN4O3. The Hall–Kier alpha value is -4.28. The number of halogens is 1. The molecule has 3 rings (SSSR count). The molecule has 0 aliphatic rings. The molecule has 3 aromatic carbocycles. The quantitative estimate of drug-likeness (QED) is 0.262. The summed E-state index contributed by atoms with van der Waals surface area (Å²) in [6, 6.07) is 16.7. The van der Waals surface area contributed by atoms with E-state index in [0.717, 1.165) is 12.1 Å². The highest BCUT2D eigenvalue weighted by molar-refractivity contribution is 6.31. The third-order valence-corrected chi connectivity index (χ3v) is 5.33. The molecule has 8 heteroatoms. The van der Waals surface area contributed by atoms with Crippen molar-refractivity contribution < 1.29 is 14.3 Å². The molecule has 0 saturated carbocycles. The van der Waals surface area contributed by atoms with Crippen LogP contribution < -0.4 is 15.4 Å². The number of anilines is 2. The molecule has 0 bridgehead atoms. The third kappa shape index (κ3) is 6.62. The largest absolute Gasteiger partial charge is 0.494 e. The second kappa shape index (κ2) is 11.7. The van der Waals surface area contributed by atoms with Crippen molar-refractivity contribution in [1.29, 1.82) is 0 Å². The molecule has 0 spiro atoms. The molecular weight excluding hydrogens is 464 g/mol. The van der Waals surface area contributed by atoms with Gasteiger partial charge in [0.1, 0.15) is 5.75 Å². The van der Waals surface area contributed by atoms with Gasteiger partial charge in [0, 0.05) is 41.5 Å². The Kier molecular flexibility index (Phi) is 8.49. The molecule has 0 aliphatic carbocycles. The molecule has 7 nitrogen and oxygen atoms in total. The molecule has 2 amide bonds. The number of methoxy groups -OCH3 is 1. The van der Waals surface area contributed by atoms with Crippen LogP contribution in [0.1, 0.15) is 38.8 Å². The average Bonchev–Trinajstić information content (AvgIpc) is 2.88. The Labute approximate surface area is 209 Å². The minimum atomic E-state index is -0.471. The minimum absolute atomic E-state index is 0.148. The van der Waals surface area contributed by atoms with Crippen molar-refractivity contribution in [2.75, 3.05) is 31.3 Å². The average molecular weight is 489 g/mol. The van der Waals surface area contributed by atoms with Crippen LogP contribution in [0.25, 0.3) is 0 Å². The topological polar surface area (TPSA) is 83.0 Å². The first kappa shape index (κ1) is 25.3. The van der Waals surface area contributed by atoms with Gasteiger partial charge in [-0.1, -0.05) is 29.7 Å². The molecule has 0 saturated heterocycles. The summed E-state index contributed by atoms with van der Waals surface area (Å²) in [5.74, 6) is 1.90. The van der Waals surface area contributed by atoms with Gasteiger partial charge < -0.3 is 20.4 Å². The first-order valence-corrected chi connectivity index (χ1v) is 11.1. The molecule has 0 heterocycles. The Bertz CT molecular complexity index is 1280. The first-order chi connectivity index (χ1) is 16.8. The molecule has 3 aromatic rings. The molecule has 178 valence electrons. The number of carbonyl (C=O) groups excluding carboxylic acids is 2. The fraction of sp³-hybridized carbons (Fsp3) is 0.148. The Balaban J connectivity index is 1.85. The van der Waals surface area contributed by atoms with Gasteiger partial charge in [0.15, 0.2) is 0 Å². The predicted octanol–water partition coefficient (Wildman–Crippen LogP) is 5.12. The third-order valence-electron chi connectivity index (χ3n) is 5.11. The fourth-order valence-electron chi connectivity index (χ4n) is 3.05. The van der Waals surface area contributed by atoms with E-state index < -0.39 is 11.8 Å². The van der Waals surface area contributed by atoms with Crippen LogP contribution >= 0.6 is 11.6 Å². The van der Waals surface area contributed by atoms with Crippen molar-refractivity contribution in [3.8, 4) is 18.1 Å². The lowest BCUT2D eigenvalue weighted by atomic mass is 10.1. The first-order valence-electron chi connectivity index (χ1n) is 10.8. The van der Waals surface area contributed by atoms with Crippen LogP contribution in [0.15, 0.2) is 65.8 Å². The molecule has 0 fully saturated rings. The summed E-state index contributed by atoms with van der Waals surface area (Å²) >= 11 is 6.21. The van der Waals surface area contributed by atoms with E-state index in [9.17, 15) is 9.59 Å². The SMILES string of the molecule is C#Cc1ccc(NC(=O)c2cc(Cl)cc(OC)c2NC(=O)c2ccc(C=NN(C)CC)cc2)cc1. The van der Waals surface area contributed by atoms with Gasteiger partial charge in [0.2, 0.25) is 0 Å². The smallest absolute Gasteiger partial charge is 0.257 e. The zero-order chi connectivity index (χ0) is 25.4. The van der Waals surface area contributed by atoms with Gasteiger partial charge in [-0.15, -0.1) is 6.42 Å². The highest BCUT2D eigenvalue weighted by atomic mass is 35.5. The number of hydrazone groups is 1. The highest BCUT2D eigenvalue weighted by Crippen LogP contribution is 2.33. The number of ether oxygens (including phenoxy) is 1. The van der Waals surface area contributed by atoms with E-state index >= 15 is 0 Å². The van der Waals surface area contributed by atoms with Gasteiger partial charge in [0.25, 0.3) is 11.8 Å². The second-order valence-corrected chi connectivity index (χ2v) is 7.94. The van der Waals surface area contributed by atoms with E-state index in [4.69, 9.17) is 22.8 Å². The summed E-state index contributed by atoms with van der Waals surface area (Å²) in [6.07, 6.45) is 7.10. The van der Waals surface area contributed by atoms with Crippen LogP contribution in [0.4, 0.5) is 11.4 Å². The van der Waals surface area contributed by atoms with Crippen LogP contribution in [-0.4, -0.2) is 43.7 Å². The van der Waals surface area contributed by atoms with Gasteiger partial charge in [-0.2, -0.15) is 5.10 Å². The number of carbonyl (C=O) groups is 2. The number of benzene rings is 3. The number of terminal acetylenes is 1. The van der Waals surface area contributed by atoms with E-state index in [1.54, 1.807) is 59.8 Å². The van der Waals surface area contributed by atoms with E-state index in [1.165, 1.54) is 19.2 Å². The lowest BCUT2D eigenvalue weighted by Gasteiger charge is -2.16. The molecule has 0 aliphatic heterocycles. The lowest BCUT2D eigenvalue weighted by Crippen LogP contribution is -2.19. The lowest BCUT2D eigenvalue weighted by molar-refractivity contribution is 0.102. The molecule has 0 radical (unpaired) electrons. The van der Waals surface area contributed by atoms with Gasteiger partial charge in [-0.3, -0.25) is 9.59 Å². The highest BCUT2D eigenvalue weighted by Gasteiger charge is 2.20. The molecule has 0 unspecified atom stereocenters. The predicted molar refractivity (Wildman–Crippen MR) is 141 cm³/mol. The Morgan fingerprint density at radius 2 is 1.77 bits per heavy atom. The molecule has 35 heavy (non-hydrogen) atoms. The van der Waals surface area contributed by atoms with Gasteiger partial charge in [-0.25, -0.2) is 0 Å². The number of rotatable bonds is 8. The maximum absolute atomic E-state index is 13.1. The van der Waals surface area contributed by atoms with Crippen LogP contribution in [0.3, 0.4) is 0 Å². The second-order valence-electron chi connectivity index (χ2n) is 7.50. The maximum Gasteiger partial charge on any atom is 0.257 e. The summed E-state index contributed by atoms with van der Waals surface area (Å²) in [6.45, 7) is 2.78. The number of nitrogens with zero attached hydrogens (tertiary/aromatic N) is 2. The van der Waals surface area contributed by atoms with Crippen molar-refractivity contribution in [3.63, 3.8) is 0 Å². The Morgan fingerprint density at radius 1 is 1.09 bits per heavy atom. The Morgan fingerprint density at radius 3 is 2.37 bits per heavy atom. The van der Waals surface area contributed by atoms with Crippen molar-refractivity contribution in [2.24, 2.45) is 5.10 Å². The zero-order valence-corrected chi connectivity index (χ0v) is 20.4. The van der Waals surface area contributed by atoms with Crippen LogP contribution in [0.5, 0.6) is 5.75 Å². The summed E-state index contributed by atoms with van der Waals surface area (Å²) < 4.78 is 5.39. The fourth-order valence-corrected chi connectivity index (χ4v) is 3.26. The summed E-state index contributed by atoms with van der Waals surface area (Å²) in [7, 11) is 3.31. The van der Waals surface area contributed by atoms with Gasteiger partial charge >= 0.3 is 0 Å². The van der Waals surface area contributed by atoms with E-state index in [2.05, 4.69) is 21.7 Å². The summed E-state index contributed by atoms with van der Waals surface area (Å²) in [5.41, 5.74) is 2.83. The normalized spacial score (nSPS) is 10.5. The van der Waals surface area contributed by atoms with E-state index in [0.29, 0.717) is 16.8 Å². The van der Waals surface area contributed by atoms with Crippen molar-refractivity contribution >= 4 is 41.0 Å². The zero-order valence-electron chi connectivity index (χ0n) is 19.6. The standard InChI is InChI=1S/C27H25ClN4O3/c1-5-18-9-13-22(14-10-18)30-27(34)23-15-21(28)16-24(35-4)25(23)31-26(33)20-11-7-19(8-12-20)17-29-32(3)6-2/h1,7-17H,6H2,2-4H3,(H,30,34)(H,31,33). The van der Waals surface area contributed by atoms with Crippen molar-refractivity contribution in [3.05, 3.63) is 87.9 Å². The van der Waals surface area contributed by atoms with E-state index in [1.807, 2.05) is 14.0 Å². The maximum atomic E-state index is 13.1. The number of amides is 2. The number of hydrogen-bond donors (Lipinski definition) is 2. The van der Waals surface area contributed by atoms with Crippen molar-refractivity contribution in [1.82, 2.24) is 5.01 Å². The van der Waals surface area contributed by atoms with Crippen molar-refractivity contribution in [2.45, 2.75) is 6.92 Å². The van der Waals surface area contributed by atoms with Gasteiger partial charge in [0.05, 0.1) is 24.6 Å². The monoisotopic (exact) mass is 488 g/mol. The van der Waals surface area contributed by atoms with Crippen LogP contribution in [0, 0.1) is 12.3 Å². The molecule has 0 aromatic heterocycles.